The summed E-state index contributed by atoms with van der Waals surface area (Å²) in [5, 5.41) is 10.1. The number of hydrogen-bond acceptors (Lipinski definition) is 6. The van der Waals surface area contributed by atoms with Crippen molar-refractivity contribution in [1.29, 1.82) is 5.26 Å². The minimum Gasteiger partial charge on any atom is -0.444 e. The number of nitriles is 1. The lowest BCUT2D eigenvalue weighted by molar-refractivity contribution is -0.00235. The fourth-order valence-corrected chi connectivity index (χ4v) is 3.34. The Morgan fingerprint density at radius 2 is 2.18 bits per heavy atom. The molecule has 0 unspecified atom stereocenters. The van der Waals surface area contributed by atoms with Gasteiger partial charge in [0, 0.05) is 18.9 Å². The predicted molar refractivity (Wildman–Crippen MR) is 108 cm³/mol. The van der Waals surface area contributed by atoms with Crippen molar-refractivity contribution in [1.82, 2.24) is 14.9 Å². The highest BCUT2D eigenvalue weighted by Crippen LogP contribution is 2.36. The molecule has 1 aliphatic heterocycles. The zero-order valence-electron chi connectivity index (χ0n) is 17.0. The third-order valence-electron chi connectivity index (χ3n) is 4.45. The number of carbonyl (C=O) groups excluding carboxylic acids is 1. The molecule has 7 nitrogen and oxygen atoms in total. The van der Waals surface area contributed by atoms with E-state index >= 15 is 0 Å². The third kappa shape index (κ3) is 5.08. The van der Waals surface area contributed by atoms with E-state index in [9.17, 15) is 10.1 Å². The van der Waals surface area contributed by atoms with Gasteiger partial charge >= 0.3 is 6.09 Å². The number of halogens is 1. The molecule has 1 aliphatic rings. The molecule has 0 N–H and O–H groups in total. The summed E-state index contributed by atoms with van der Waals surface area (Å²) in [6, 6.07) is 4.18. The molecule has 0 spiro atoms. The van der Waals surface area contributed by atoms with Crippen molar-refractivity contribution in [2.45, 2.75) is 46.1 Å². The Balaban J connectivity index is 2.09. The number of allylic oxidation sites excluding steroid dienone is 2. The number of aliphatic imine (C=N–C) groups is 1. The fourth-order valence-electron chi connectivity index (χ4n) is 3.17. The Bertz CT molecular complexity index is 830. The van der Waals surface area contributed by atoms with Crippen LogP contribution in [0.5, 0.6) is 0 Å². The summed E-state index contributed by atoms with van der Waals surface area (Å²) in [6.45, 7) is 7.90. The highest BCUT2D eigenvalue weighted by Gasteiger charge is 2.51. The smallest absolute Gasteiger partial charge is 0.410 e. The van der Waals surface area contributed by atoms with Gasteiger partial charge in [-0.2, -0.15) is 5.26 Å². The average Bonchev–Trinajstić information content (AvgIpc) is 2.58. The molecule has 150 valence electrons. The first-order valence-electron chi connectivity index (χ1n) is 9.13. The van der Waals surface area contributed by atoms with E-state index in [1.807, 2.05) is 39.8 Å². The van der Waals surface area contributed by atoms with Crippen LogP contribution >= 0.6 is 11.6 Å². The second kappa shape index (κ2) is 8.70. The summed E-state index contributed by atoms with van der Waals surface area (Å²) in [5.74, 6) is 0. The fraction of sp³-hybridized carbons (Fsp3) is 0.550. The summed E-state index contributed by atoms with van der Waals surface area (Å²) in [6.07, 6.45) is 4.48. The number of carbonyl (C=O) groups is 1. The van der Waals surface area contributed by atoms with Crippen molar-refractivity contribution in [2.75, 3.05) is 20.1 Å². The number of rotatable bonds is 5. The first-order valence-corrected chi connectivity index (χ1v) is 9.51. The van der Waals surface area contributed by atoms with Crippen molar-refractivity contribution >= 4 is 23.4 Å². The highest BCUT2D eigenvalue weighted by molar-refractivity contribution is 6.28. The zero-order chi connectivity index (χ0) is 20.9. The van der Waals surface area contributed by atoms with Gasteiger partial charge in [0.1, 0.15) is 11.0 Å². The maximum absolute atomic E-state index is 12.3. The Labute approximate surface area is 171 Å². The van der Waals surface area contributed by atoms with Crippen molar-refractivity contribution in [2.24, 2.45) is 10.4 Å². The van der Waals surface area contributed by atoms with E-state index < -0.39 is 17.1 Å². The molecule has 8 heteroatoms. The molecule has 0 radical (unpaired) electrons. The van der Waals surface area contributed by atoms with Crippen LogP contribution in [-0.2, 0) is 11.2 Å². The largest absolute Gasteiger partial charge is 0.444 e. The van der Waals surface area contributed by atoms with Crippen LogP contribution in [-0.4, -0.2) is 52.4 Å². The lowest BCUT2D eigenvalue weighted by Gasteiger charge is -2.46. The predicted octanol–water partition coefficient (Wildman–Crippen LogP) is 3.84. The Hall–Kier alpha value is -2.46. The van der Waals surface area contributed by atoms with Crippen LogP contribution in [0.1, 0.15) is 39.8 Å². The quantitative estimate of drug-likeness (QED) is 0.550. The normalized spacial score (nSPS) is 17.0. The molecule has 2 heterocycles. The topological polar surface area (TPSA) is 91.5 Å². The van der Waals surface area contributed by atoms with Gasteiger partial charge in [0.25, 0.3) is 0 Å². The monoisotopic (exact) mass is 403 g/mol. The molecular weight excluding hydrogens is 378 g/mol. The van der Waals surface area contributed by atoms with Crippen LogP contribution in [0.15, 0.2) is 28.9 Å². The molecule has 1 aromatic heterocycles. The van der Waals surface area contributed by atoms with Crippen molar-refractivity contribution in [3.8, 4) is 6.07 Å². The van der Waals surface area contributed by atoms with Crippen LogP contribution in [0.25, 0.3) is 0 Å². The Morgan fingerprint density at radius 3 is 2.68 bits per heavy atom. The molecule has 28 heavy (non-hydrogen) atoms. The maximum atomic E-state index is 12.3. The summed E-state index contributed by atoms with van der Waals surface area (Å²) >= 11 is 5.85. The van der Waals surface area contributed by atoms with E-state index in [0.717, 1.165) is 11.3 Å². The molecule has 2 rings (SSSR count). The van der Waals surface area contributed by atoms with Crippen LogP contribution in [0.3, 0.4) is 0 Å². The Kier molecular flexibility index (Phi) is 6.78. The third-order valence-corrected chi connectivity index (χ3v) is 4.63. The zero-order valence-corrected chi connectivity index (χ0v) is 17.7. The second-order valence-corrected chi connectivity index (χ2v) is 8.07. The van der Waals surface area contributed by atoms with E-state index in [-0.39, 0.29) is 18.4 Å². The van der Waals surface area contributed by atoms with Gasteiger partial charge in [-0.25, -0.2) is 14.8 Å². The highest BCUT2D eigenvalue weighted by atomic mass is 35.5. The number of aromatic nitrogens is 2. The molecule has 0 aliphatic carbocycles. The number of aryl methyl sites for hydroxylation is 1. The van der Waals surface area contributed by atoms with E-state index in [0.29, 0.717) is 18.6 Å². The van der Waals surface area contributed by atoms with Crippen molar-refractivity contribution in [3.63, 3.8) is 0 Å². The van der Waals surface area contributed by atoms with Crippen LogP contribution in [0.4, 0.5) is 4.79 Å². The number of amides is 1. The lowest BCUT2D eigenvalue weighted by Crippen LogP contribution is -2.62. The minimum absolute atomic E-state index is 0.212. The van der Waals surface area contributed by atoms with Gasteiger partial charge in [-0.3, -0.25) is 4.99 Å². The number of likely N-dealkylation sites (tertiary alicyclic amines) is 1. The Morgan fingerprint density at radius 1 is 1.50 bits per heavy atom. The molecule has 1 fully saturated rings. The number of hydrogen-bond donors (Lipinski definition) is 0. The minimum atomic E-state index is -0.823. The van der Waals surface area contributed by atoms with Gasteiger partial charge in [-0.05, 0) is 63.8 Å². The molecule has 0 aromatic carbocycles. The SMILES string of the molecule is CC=C(CCc1ccnc(Cl)n1)C(=NC)C1(C#N)CN(C(=O)OC(C)(C)C)C1. The summed E-state index contributed by atoms with van der Waals surface area (Å²) < 4.78 is 5.39. The van der Waals surface area contributed by atoms with Crippen LogP contribution < -0.4 is 0 Å². The second-order valence-electron chi connectivity index (χ2n) is 7.73. The number of nitrogens with zero attached hydrogens (tertiary/aromatic N) is 5. The first kappa shape index (κ1) is 21.8. The van der Waals surface area contributed by atoms with Gasteiger partial charge in [0.05, 0.1) is 24.9 Å². The van der Waals surface area contributed by atoms with Gasteiger partial charge < -0.3 is 9.64 Å². The standard InChI is InChI=1S/C20H26ClN5O2/c1-6-14(7-8-15-9-10-24-17(21)25-15)16(23-5)20(11-22)12-26(13-20)18(27)28-19(2,3)4/h6,9-10H,7-8,12-13H2,1-5H3. The van der Waals surface area contributed by atoms with Crippen LogP contribution in [0.2, 0.25) is 5.28 Å². The number of ether oxygens (including phenoxy) is 1. The summed E-state index contributed by atoms with van der Waals surface area (Å²) in [7, 11) is 1.68. The molecule has 0 atom stereocenters. The van der Waals surface area contributed by atoms with Crippen molar-refractivity contribution < 1.29 is 9.53 Å². The van der Waals surface area contributed by atoms with Crippen LogP contribution in [0, 0.1) is 16.7 Å². The molecule has 1 amide bonds. The van der Waals surface area contributed by atoms with Gasteiger partial charge in [0.2, 0.25) is 5.28 Å². The molecule has 1 saturated heterocycles. The molecule has 0 bridgehead atoms. The average molecular weight is 404 g/mol. The molecular formula is C20H26ClN5O2. The maximum Gasteiger partial charge on any atom is 0.410 e. The van der Waals surface area contributed by atoms with Gasteiger partial charge in [0.15, 0.2) is 0 Å². The van der Waals surface area contributed by atoms with Crippen molar-refractivity contribution in [3.05, 3.63) is 34.9 Å². The van der Waals surface area contributed by atoms with Gasteiger partial charge in [-0.15, -0.1) is 0 Å². The molecule has 0 saturated carbocycles. The first-order chi connectivity index (χ1) is 13.1. The van der Waals surface area contributed by atoms with Gasteiger partial charge in [-0.1, -0.05) is 6.08 Å². The summed E-state index contributed by atoms with van der Waals surface area (Å²) in [5.41, 5.74) is 1.10. The van der Waals surface area contributed by atoms with E-state index in [1.54, 1.807) is 13.2 Å². The lowest BCUT2D eigenvalue weighted by atomic mass is 9.73. The molecule has 1 aromatic rings. The van der Waals surface area contributed by atoms with E-state index in [2.05, 4.69) is 21.0 Å². The van der Waals surface area contributed by atoms with E-state index in [1.165, 1.54) is 4.90 Å². The van der Waals surface area contributed by atoms with E-state index in [4.69, 9.17) is 16.3 Å². The summed E-state index contributed by atoms with van der Waals surface area (Å²) in [4.78, 5) is 26.3.